The molecule has 0 radical (unpaired) electrons. The fourth-order valence-corrected chi connectivity index (χ4v) is 1.62. The van der Waals surface area contributed by atoms with E-state index in [1.54, 1.807) is 0 Å². The average Bonchev–Trinajstić information content (AvgIpc) is 2.77. The Morgan fingerprint density at radius 1 is 1.40 bits per heavy atom. The van der Waals surface area contributed by atoms with Gasteiger partial charge < -0.3 is 9.73 Å². The first-order valence-corrected chi connectivity index (χ1v) is 5.75. The molecule has 0 aliphatic heterocycles. The Balaban J connectivity index is 2.27. The van der Waals surface area contributed by atoms with Gasteiger partial charge in [-0.1, -0.05) is 11.6 Å². The lowest BCUT2D eigenvalue weighted by Gasteiger charge is -2.10. The summed E-state index contributed by atoms with van der Waals surface area (Å²) in [7, 11) is 0. The largest absolute Gasteiger partial charge is 0.448 e. The Labute approximate surface area is 116 Å². The number of carbonyl (C=O) groups is 1. The quantitative estimate of drug-likeness (QED) is 0.915. The van der Waals surface area contributed by atoms with Gasteiger partial charge in [-0.15, -0.1) is 0 Å². The van der Waals surface area contributed by atoms with Crippen LogP contribution in [-0.4, -0.2) is 10.9 Å². The predicted octanol–water partition coefficient (Wildman–Crippen LogP) is 3.91. The molecule has 1 aromatic carbocycles. The molecule has 4 nitrogen and oxygen atoms in total. The third kappa shape index (κ3) is 3.11. The monoisotopic (exact) mass is 304 g/mol. The predicted molar refractivity (Wildman–Crippen MR) is 65.6 cm³/mol. The van der Waals surface area contributed by atoms with Crippen molar-refractivity contribution < 1.29 is 22.4 Å². The van der Waals surface area contributed by atoms with Gasteiger partial charge in [-0.25, -0.2) is 4.98 Å². The number of nitrogens with one attached hydrogen (secondary N) is 1. The van der Waals surface area contributed by atoms with Gasteiger partial charge in [-0.05, 0) is 18.2 Å². The minimum Gasteiger partial charge on any atom is -0.448 e. The summed E-state index contributed by atoms with van der Waals surface area (Å²) in [5.74, 6) is -0.437. The highest BCUT2D eigenvalue weighted by Gasteiger charge is 2.31. The van der Waals surface area contributed by atoms with Crippen LogP contribution in [0.2, 0.25) is 5.02 Å². The smallest absolute Gasteiger partial charge is 0.416 e. The molecule has 0 atom stereocenters. The van der Waals surface area contributed by atoms with E-state index in [2.05, 4.69) is 10.3 Å². The molecule has 106 valence electrons. The van der Waals surface area contributed by atoms with Crippen molar-refractivity contribution in [3.63, 3.8) is 0 Å². The molecule has 2 rings (SSSR count). The molecule has 0 saturated carbocycles. The van der Waals surface area contributed by atoms with Gasteiger partial charge in [-0.2, -0.15) is 13.2 Å². The minimum absolute atomic E-state index is 0.00781. The number of benzene rings is 1. The SMILES string of the molecule is Cc1nc(C(=O)Nc2cc(C(F)(F)F)ccc2Cl)co1. The van der Waals surface area contributed by atoms with E-state index in [4.69, 9.17) is 16.0 Å². The molecule has 0 aliphatic rings. The van der Waals surface area contributed by atoms with Crippen molar-refractivity contribution >= 4 is 23.2 Å². The van der Waals surface area contributed by atoms with Gasteiger partial charge in [0.15, 0.2) is 11.6 Å². The molecule has 20 heavy (non-hydrogen) atoms. The highest BCUT2D eigenvalue weighted by Crippen LogP contribution is 2.33. The normalized spacial score (nSPS) is 11.4. The number of nitrogens with zero attached hydrogens (tertiary/aromatic N) is 1. The van der Waals surface area contributed by atoms with E-state index >= 15 is 0 Å². The Bertz CT molecular complexity index is 652. The molecule has 0 spiro atoms. The summed E-state index contributed by atoms with van der Waals surface area (Å²) in [5.41, 5.74) is -1.10. The van der Waals surface area contributed by atoms with Crippen LogP contribution in [0.4, 0.5) is 18.9 Å². The van der Waals surface area contributed by atoms with E-state index in [0.29, 0.717) is 0 Å². The van der Waals surface area contributed by atoms with Gasteiger partial charge in [0, 0.05) is 6.92 Å². The van der Waals surface area contributed by atoms with Gasteiger partial charge in [0.25, 0.3) is 5.91 Å². The highest BCUT2D eigenvalue weighted by molar-refractivity contribution is 6.33. The zero-order valence-corrected chi connectivity index (χ0v) is 10.8. The zero-order chi connectivity index (χ0) is 14.9. The summed E-state index contributed by atoms with van der Waals surface area (Å²) in [4.78, 5) is 15.5. The van der Waals surface area contributed by atoms with Crippen LogP contribution in [0.1, 0.15) is 21.9 Å². The van der Waals surface area contributed by atoms with E-state index in [1.165, 1.54) is 6.92 Å². The van der Waals surface area contributed by atoms with Gasteiger partial charge in [-0.3, -0.25) is 4.79 Å². The number of alkyl halides is 3. The Morgan fingerprint density at radius 3 is 2.65 bits per heavy atom. The number of hydrogen-bond acceptors (Lipinski definition) is 3. The lowest BCUT2D eigenvalue weighted by atomic mass is 10.2. The topological polar surface area (TPSA) is 55.1 Å². The summed E-state index contributed by atoms with van der Waals surface area (Å²) >= 11 is 5.76. The first-order valence-electron chi connectivity index (χ1n) is 5.37. The molecular weight excluding hydrogens is 297 g/mol. The molecule has 2 aromatic rings. The van der Waals surface area contributed by atoms with E-state index in [0.717, 1.165) is 24.5 Å². The van der Waals surface area contributed by atoms with Crippen LogP contribution in [0.5, 0.6) is 0 Å². The van der Waals surface area contributed by atoms with Crippen molar-refractivity contribution in [3.8, 4) is 0 Å². The highest BCUT2D eigenvalue weighted by atomic mass is 35.5. The van der Waals surface area contributed by atoms with Gasteiger partial charge in [0.1, 0.15) is 6.26 Å². The fourth-order valence-electron chi connectivity index (χ4n) is 1.45. The Kier molecular flexibility index (Phi) is 3.71. The van der Waals surface area contributed by atoms with Crippen LogP contribution in [0.3, 0.4) is 0 Å². The molecule has 0 fully saturated rings. The van der Waals surface area contributed by atoms with Crippen molar-refractivity contribution in [2.24, 2.45) is 0 Å². The zero-order valence-electron chi connectivity index (χ0n) is 10.1. The first kappa shape index (κ1) is 14.4. The third-order valence-electron chi connectivity index (χ3n) is 2.39. The van der Waals surface area contributed by atoms with E-state index in [1.807, 2.05) is 0 Å². The second-order valence-electron chi connectivity index (χ2n) is 3.90. The maximum atomic E-state index is 12.6. The summed E-state index contributed by atoms with van der Waals surface area (Å²) in [6.45, 7) is 1.54. The van der Waals surface area contributed by atoms with E-state index in [9.17, 15) is 18.0 Å². The number of oxazole rings is 1. The second-order valence-corrected chi connectivity index (χ2v) is 4.31. The van der Waals surface area contributed by atoms with Crippen LogP contribution < -0.4 is 5.32 Å². The molecule has 1 heterocycles. The number of aromatic nitrogens is 1. The number of aryl methyl sites for hydroxylation is 1. The molecular formula is C12H8ClF3N2O2. The minimum atomic E-state index is -4.52. The Morgan fingerprint density at radius 2 is 2.10 bits per heavy atom. The summed E-state index contributed by atoms with van der Waals surface area (Å²) < 4.78 is 42.6. The maximum absolute atomic E-state index is 12.6. The van der Waals surface area contributed by atoms with Crippen molar-refractivity contribution in [1.29, 1.82) is 0 Å². The van der Waals surface area contributed by atoms with Crippen molar-refractivity contribution in [2.45, 2.75) is 13.1 Å². The summed E-state index contributed by atoms with van der Waals surface area (Å²) in [5, 5.41) is 2.25. The molecule has 0 bridgehead atoms. The lowest BCUT2D eigenvalue weighted by molar-refractivity contribution is -0.137. The van der Waals surface area contributed by atoms with E-state index < -0.39 is 17.6 Å². The molecule has 8 heteroatoms. The molecule has 0 saturated heterocycles. The van der Waals surface area contributed by atoms with Crippen LogP contribution in [0, 0.1) is 6.92 Å². The molecule has 1 aromatic heterocycles. The Hall–Kier alpha value is -2.02. The molecule has 0 aliphatic carbocycles. The third-order valence-corrected chi connectivity index (χ3v) is 2.72. The van der Waals surface area contributed by atoms with Crippen molar-refractivity contribution in [2.75, 3.05) is 5.32 Å². The lowest BCUT2D eigenvalue weighted by Crippen LogP contribution is -2.14. The van der Waals surface area contributed by atoms with Gasteiger partial charge in [0.05, 0.1) is 16.3 Å². The average molecular weight is 305 g/mol. The summed E-state index contributed by atoms with van der Waals surface area (Å²) in [6, 6.07) is 2.65. The van der Waals surface area contributed by atoms with Crippen molar-refractivity contribution in [3.05, 3.63) is 46.6 Å². The standard InChI is InChI=1S/C12H8ClF3N2O2/c1-6-17-10(5-20-6)11(19)18-9-4-7(12(14,15)16)2-3-8(9)13/h2-5H,1H3,(H,18,19). The number of amides is 1. The molecule has 1 amide bonds. The summed E-state index contributed by atoms with van der Waals surface area (Å²) in [6.07, 6.45) is -3.42. The van der Waals surface area contributed by atoms with Gasteiger partial charge >= 0.3 is 6.18 Å². The fraction of sp³-hybridized carbons (Fsp3) is 0.167. The van der Waals surface area contributed by atoms with Crippen LogP contribution in [0.15, 0.2) is 28.9 Å². The van der Waals surface area contributed by atoms with Crippen LogP contribution >= 0.6 is 11.6 Å². The van der Waals surface area contributed by atoms with Crippen LogP contribution in [-0.2, 0) is 6.18 Å². The van der Waals surface area contributed by atoms with E-state index in [-0.39, 0.29) is 22.3 Å². The van der Waals surface area contributed by atoms with Gasteiger partial charge in [0.2, 0.25) is 0 Å². The number of hydrogen-bond donors (Lipinski definition) is 1. The first-order chi connectivity index (χ1) is 9.27. The maximum Gasteiger partial charge on any atom is 0.416 e. The number of carbonyl (C=O) groups excluding carboxylic acids is 1. The number of anilines is 1. The van der Waals surface area contributed by atoms with Crippen molar-refractivity contribution in [1.82, 2.24) is 4.98 Å². The van der Waals surface area contributed by atoms with Crippen LogP contribution in [0.25, 0.3) is 0 Å². The number of rotatable bonds is 2. The molecule has 1 N–H and O–H groups in total. The second kappa shape index (κ2) is 5.16. The number of halogens is 4. The molecule has 0 unspecified atom stereocenters.